The van der Waals surface area contributed by atoms with E-state index in [-0.39, 0.29) is 41.8 Å². The van der Waals surface area contributed by atoms with Gasteiger partial charge in [0.25, 0.3) is 0 Å². The van der Waals surface area contributed by atoms with Gasteiger partial charge in [-0.25, -0.2) is 0 Å². The average Bonchev–Trinajstić information content (AvgIpc) is 3.41. The Kier molecular flexibility index (Phi) is 13.3. The highest BCUT2D eigenvalue weighted by Crippen LogP contribution is 2.73. The molecule has 1 spiro atoms. The van der Waals surface area contributed by atoms with Crippen LogP contribution in [-0.4, -0.2) is 193 Å². The van der Waals surface area contributed by atoms with Gasteiger partial charge in [-0.3, -0.25) is 4.79 Å². The van der Waals surface area contributed by atoms with Crippen molar-refractivity contribution in [1.82, 2.24) is 0 Å². The van der Waals surface area contributed by atoms with E-state index in [4.69, 9.17) is 33.2 Å². The second kappa shape index (κ2) is 17.2. The van der Waals surface area contributed by atoms with Gasteiger partial charge in [0.15, 0.2) is 18.9 Å². The predicted octanol–water partition coefficient (Wildman–Crippen LogP) is -2.92. The van der Waals surface area contributed by atoms with E-state index in [2.05, 4.69) is 13.5 Å². The lowest BCUT2D eigenvalue weighted by molar-refractivity contribution is -0.400. The van der Waals surface area contributed by atoms with Crippen LogP contribution in [-0.2, 0) is 38.0 Å². The van der Waals surface area contributed by atoms with Crippen LogP contribution < -0.4 is 0 Å². The summed E-state index contributed by atoms with van der Waals surface area (Å²) in [4.78, 5) is 13.5. The molecule has 0 amide bonds. The summed E-state index contributed by atoms with van der Waals surface area (Å²) in [5.74, 6) is -0.0700. The maximum atomic E-state index is 13.5. The van der Waals surface area contributed by atoms with Crippen molar-refractivity contribution >= 4 is 5.97 Å². The lowest BCUT2D eigenvalue weighted by Gasteiger charge is -2.64. The quantitative estimate of drug-likeness (QED) is 0.0533. The highest BCUT2D eigenvalue weighted by atomic mass is 16.8. The summed E-state index contributed by atoms with van der Waals surface area (Å²) in [6, 6.07) is 0. The van der Waals surface area contributed by atoms with E-state index in [1.54, 1.807) is 0 Å². The Balaban J connectivity index is 1.20. The Morgan fingerprint density at radius 1 is 0.678 bits per heavy atom. The maximum Gasteiger partial charge on any atom is 0.312 e. The molecule has 0 radical (unpaired) electrons. The summed E-state index contributed by atoms with van der Waals surface area (Å²) in [6.45, 7) is 6.14. The van der Waals surface area contributed by atoms with Crippen LogP contribution in [0.2, 0.25) is 0 Å². The molecular weight excluding hydrogens is 784 g/mol. The number of hydrogen-bond acceptors (Lipinski definition) is 19. The molecule has 11 N–H and O–H groups in total. The number of carbonyl (C=O) groups excluding carboxylic acids is 1. The standard InChI is InChI=1S/C40H64O19/c1-18-13-39-9-5-22-37(2,7-4-8-38(22,3)36(52)53-12-11-41)23(39)6-10-40(18,17-39)59-35-32(58-34-30(51)28(49)25(46)20(15-43)55-34)31(26(47)21(16-44)56-35)57-33-29(50)27(48)24(45)19(14-42)54-33/h19-35,41-51H,1,4-17H2,2-3H3/t19-,20-,21-,22+,23+,24-,25-,26-,27+,28+,29-,30-,31+,32-,33+,34+,35+,37-,38-,39-,40+/m1/s1. The van der Waals surface area contributed by atoms with Crippen LogP contribution >= 0.6 is 0 Å². The number of hydrogen-bond donors (Lipinski definition) is 11. The van der Waals surface area contributed by atoms with Gasteiger partial charge in [-0.15, -0.1) is 0 Å². The Hall–Kier alpha value is -1.47. The van der Waals surface area contributed by atoms with Crippen molar-refractivity contribution in [2.45, 2.75) is 169 Å². The second-order valence-corrected chi connectivity index (χ2v) is 18.6. The van der Waals surface area contributed by atoms with Crippen LogP contribution in [0.15, 0.2) is 12.2 Å². The van der Waals surface area contributed by atoms with Gasteiger partial charge in [0.1, 0.15) is 79.9 Å². The first-order chi connectivity index (χ1) is 27.9. The molecular formula is C40H64O19. The summed E-state index contributed by atoms with van der Waals surface area (Å²) >= 11 is 0. The zero-order valence-corrected chi connectivity index (χ0v) is 33.6. The largest absolute Gasteiger partial charge is 0.463 e. The van der Waals surface area contributed by atoms with Crippen molar-refractivity contribution in [3.8, 4) is 0 Å². The predicted molar refractivity (Wildman–Crippen MR) is 197 cm³/mol. The Bertz CT molecular complexity index is 1500. The fraction of sp³-hybridized carbons (Fsp3) is 0.925. The van der Waals surface area contributed by atoms with Crippen molar-refractivity contribution in [2.24, 2.45) is 28.1 Å². The molecule has 2 bridgehead atoms. The van der Waals surface area contributed by atoms with Crippen molar-refractivity contribution in [3.05, 3.63) is 12.2 Å². The van der Waals surface area contributed by atoms with Crippen molar-refractivity contribution in [2.75, 3.05) is 33.0 Å². The summed E-state index contributed by atoms with van der Waals surface area (Å²) in [7, 11) is 0. The third-order valence-corrected chi connectivity index (χ3v) is 15.3. The minimum Gasteiger partial charge on any atom is -0.463 e. The van der Waals surface area contributed by atoms with Gasteiger partial charge >= 0.3 is 5.97 Å². The number of carbonyl (C=O) groups is 1. The molecule has 7 rings (SSSR count). The maximum absolute atomic E-state index is 13.5. The molecule has 0 aromatic carbocycles. The summed E-state index contributed by atoms with van der Waals surface area (Å²) in [6.07, 6.45) is -19.2. The first-order valence-corrected chi connectivity index (χ1v) is 20.9. The molecule has 3 heterocycles. The molecule has 4 aliphatic carbocycles. The second-order valence-electron chi connectivity index (χ2n) is 18.6. The number of aliphatic hydroxyl groups is 11. The van der Waals surface area contributed by atoms with Crippen LogP contribution in [0.3, 0.4) is 0 Å². The van der Waals surface area contributed by atoms with E-state index in [0.29, 0.717) is 32.1 Å². The molecule has 0 unspecified atom stereocenters. The SMILES string of the molecule is C=C1C[C@@]23CC[C@H]4[C@@](C)(CCC[C@@]4(C)C(=O)OCCO)[C@@H]2CC[C@]1(O[C@@H]1O[C@H](CO)[C@@H](O)[C@H](O[C@@H]2O[C@H](CO)[C@@H](O)[C@H](O)[C@H]2O)[C@H]1O[C@@H]1O[C@H](CO)[C@@H](O)[C@H](O)[C@H]1O)C3. The summed E-state index contributed by atoms with van der Waals surface area (Å²) < 4.78 is 42.3. The number of ether oxygens (including phenoxy) is 7. The number of esters is 1. The first kappa shape index (κ1) is 45.6. The van der Waals surface area contributed by atoms with Crippen molar-refractivity contribution in [3.63, 3.8) is 0 Å². The van der Waals surface area contributed by atoms with Gasteiger partial charge < -0.3 is 89.3 Å². The summed E-state index contributed by atoms with van der Waals surface area (Å²) in [5, 5.41) is 115. The fourth-order valence-electron chi connectivity index (χ4n) is 12.4. The molecule has 4 saturated carbocycles. The van der Waals surface area contributed by atoms with E-state index in [1.165, 1.54) is 0 Å². The lowest BCUT2D eigenvalue weighted by Crippen LogP contribution is -2.68. The number of fused-ring (bicyclic) bond motifs is 3. The highest BCUT2D eigenvalue weighted by Gasteiger charge is 2.69. The average molecular weight is 849 g/mol. The topological polar surface area (TPSA) is 304 Å². The normalized spacial score (nSPS) is 52.4. The van der Waals surface area contributed by atoms with E-state index < -0.39 is 123 Å². The van der Waals surface area contributed by atoms with Gasteiger partial charge in [-0.1, -0.05) is 19.9 Å². The van der Waals surface area contributed by atoms with Crippen LogP contribution in [0.25, 0.3) is 0 Å². The zero-order chi connectivity index (χ0) is 42.8. The summed E-state index contributed by atoms with van der Waals surface area (Å²) in [5.41, 5.74) is -1.50. The third kappa shape index (κ3) is 7.62. The van der Waals surface area contributed by atoms with Gasteiger partial charge in [-0.2, -0.15) is 0 Å². The Morgan fingerprint density at radius 2 is 1.22 bits per heavy atom. The molecule has 3 aliphatic heterocycles. The Labute approximate surface area is 342 Å². The smallest absolute Gasteiger partial charge is 0.312 e. The number of aliphatic hydroxyl groups excluding tert-OH is 11. The molecule has 7 fully saturated rings. The molecule has 21 atom stereocenters. The highest BCUT2D eigenvalue weighted by molar-refractivity contribution is 5.77. The van der Waals surface area contributed by atoms with Gasteiger partial charge in [0.05, 0.1) is 37.4 Å². The van der Waals surface area contributed by atoms with Crippen LogP contribution in [0.1, 0.15) is 71.6 Å². The van der Waals surface area contributed by atoms with E-state index in [0.717, 1.165) is 31.3 Å². The number of rotatable bonds is 12. The minimum atomic E-state index is -1.92. The van der Waals surface area contributed by atoms with E-state index >= 15 is 0 Å². The van der Waals surface area contributed by atoms with Gasteiger partial charge in [-0.05, 0) is 86.5 Å². The molecule has 7 aliphatic rings. The first-order valence-electron chi connectivity index (χ1n) is 20.9. The fourth-order valence-corrected chi connectivity index (χ4v) is 12.4. The van der Waals surface area contributed by atoms with E-state index in [9.17, 15) is 61.0 Å². The van der Waals surface area contributed by atoms with E-state index in [1.807, 2.05) is 6.92 Å². The van der Waals surface area contributed by atoms with Gasteiger partial charge in [0.2, 0.25) is 0 Å². The molecule has 19 nitrogen and oxygen atoms in total. The molecule has 0 aromatic rings. The van der Waals surface area contributed by atoms with Crippen molar-refractivity contribution < 1.29 is 94.1 Å². The van der Waals surface area contributed by atoms with Crippen molar-refractivity contribution in [1.29, 1.82) is 0 Å². The van der Waals surface area contributed by atoms with Crippen LogP contribution in [0.5, 0.6) is 0 Å². The Morgan fingerprint density at radius 3 is 1.80 bits per heavy atom. The molecule has 59 heavy (non-hydrogen) atoms. The molecule has 19 heteroatoms. The van der Waals surface area contributed by atoms with Crippen LogP contribution in [0, 0.1) is 28.1 Å². The zero-order valence-electron chi connectivity index (χ0n) is 33.6. The van der Waals surface area contributed by atoms with Crippen LogP contribution in [0.4, 0.5) is 0 Å². The molecule has 338 valence electrons. The minimum absolute atomic E-state index is 0.0398. The lowest BCUT2D eigenvalue weighted by atomic mass is 9.41. The third-order valence-electron chi connectivity index (χ3n) is 15.3. The molecule has 3 saturated heterocycles. The monoisotopic (exact) mass is 848 g/mol. The molecule has 0 aromatic heterocycles. The van der Waals surface area contributed by atoms with Gasteiger partial charge in [0, 0.05) is 0 Å².